The first-order valence-electron chi connectivity index (χ1n) is 8.95. The van der Waals surface area contributed by atoms with E-state index < -0.39 is 0 Å². The van der Waals surface area contributed by atoms with Gasteiger partial charge < -0.3 is 9.88 Å². The lowest BCUT2D eigenvalue weighted by Crippen LogP contribution is -2.27. The highest BCUT2D eigenvalue weighted by Crippen LogP contribution is 2.31. The average Bonchev–Trinajstić information content (AvgIpc) is 3.29. The molecule has 1 aliphatic heterocycles. The van der Waals surface area contributed by atoms with Crippen LogP contribution in [0, 0.1) is 5.82 Å². The molecule has 0 bridgehead atoms. The number of aromatic nitrogens is 1. The first-order chi connectivity index (χ1) is 13.1. The molecule has 0 saturated heterocycles. The highest BCUT2D eigenvalue weighted by atomic mass is 19.1. The molecule has 1 N–H and O–H groups in total. The average molecular weight is 362 g/mol. The molecule has 3 aromatic rings. The summed E-state index contributed by atoms with van der Waals surface area (Å²) in [5.74, 6) is -0.679. The van der Waals surface area contributed by atoms with Crippen LogP contribution in [0.1, 0.15) is 39.6 Å². The maximum atomic E-state index is 13.0. The number of nitrogens with one attached hydrogen (secondary N) is 1. The zero-order valence-corrected chi connectivity index (χ0v) is 14.7. The van der Waals surface area contributed by atoms with Crippen molar-refractivity contribution in [2.75, 3.05) is 0 Å². The molecule has 0 radical (unpaired) electrons. The Bertz CT molecular complexity index is 977. The topological polar surface area (TPSA) is 51.1 Å². The van der Waals surface area contributed by atoms with E-state index >= 15 is 0 Å². The Kier molecular flexibility index (Phi) is 4.59. The standard InChI is InChI=1S/C22H19FN2O2/c23-17-8-6-15(7-9-17)14-24-22(27)18-12-13-25-19(18)10-11-20(25)21(26)16-4-2-1-3-5-16/h1-11,18H,12-14H2,(H,24,27)/t18-/m1/s1. The van der Waals surface area contributed by atoms with Crippen molar-refractivity contribution >= 4 is 11.7 Å². The molecule has 1 amide bonds. The third-order valence-electron chi connectivity index (χ3n) is 4.98. The van der Waals surface area contributed by atoms with Crippen LogP contribution in [0.2, 0.25) is 0 Å². The first-order valence-corrected chi connectivity index (χ1v) is 8.95. The first kappa shape index (κ1) is 17.2. The number of ketones is 1. The highest BCUT2D eigenvalue weighted by molar-refractivity contribution is 6.08. The van der Waals surface area contributed by atoms with Gasteiger partial charge in [-0.3, -0.25) is 9.59 Å². The number of nitrogens with zero attached hydrogens (tertiary/aromatic N) is 1. The van der Waals surface area contributed by atoms with E-state index in [0.717, 1.165) is 11.3 Å². The quantitative estimate of drug-likeness (QED) is 0.704. The summed E-state index contributed by atoms with van der Waals surface area (Å²) in [6.45, 7) is 0.997. The molecule has 4 rings (SSSR count). The van der Waals surface area contributed by atoms with Crippen LogP contribution in [0.5, 0.6) is 0 Å². The van der Waals surface area contributed by atoms with Crippen LogP contribution in [-0.2, 0) is 17.9 Å². The van der Waals surface area contributed by atoms with Crippen molar-refractivity contribution in [3.05, 3.63) is 95.1 Å². The van der Waals surface area contributed by atoms with Crippen molar-refractivity contribution in [1.82, 2.24) is 9.88 Å². The monoisotopic (exact) mass is 362 g/mol. The van der Waals surface area contributed by atoms with Gasteiger partial charge in [-0.1, -0.05) is 42.5 Å². The van der Waals surface area contributed by atoms with Gasteiger partial charge in [-0.05, 0) is 36.2 Å². The molecular weight excluding hydrogens is 343 g/mol. The van der Waals surface area contributed by atoms with Gasteiger partial charge in [-0.25, -0.2) is 4.39 Å². The molecule has 136 valence electrons. The normalized spacial score (nSPS) is 15.4. The Morgan fingerprint density at radius 2 is 1.74 bits per heavy atom. The van der Waals surface area contributed by atoms with Crippen molar-refractivity contribution in [1.29, 1.82) is 0 Å². The number of halogens is 1. The van der Waals surface area contributed by atoms with Crippen molar-refractivity contribution in [3.63, 3.8) is 0 Å². The molecule has 0 spiro atoms. The summed E-state index contributed by atoms with van der Waals surface area (Å²) >= 11 is 0. The summed E-state index contributed by atoms with van der Waals surface area (Å²) in [7, 11) is 0. The molecule has 2 heterocycles. The van der Waals surface area contributed by atoms with E-state index in [-0.39, 0.29) is 23.4 Å². The number of carbonyl (C=O) groups excluding carboxylic acids is 2. The number of carbonyl (C=O) groups is 2. The second-order valence-electron chi connectivity index (χ2n) is 6.68. The molecule has 1 aromatic heterocycles. The molecule has 1 atom stereocenters. The fourth-order valence-electron chi connectivity index (χ4n) is 3.56. The van der Waals surface area contributed by atoms with Gasteiger partial charge in [0.2, 0.25) is 11.7 Å². The van der Waals surface area contributed by atoms with Gasteiger partial charge in [-0.15, -0.1) is 0 Å². The fourth-order valence-corrected chi connectivity index (χ4v) is 3.56. The van der Waals surface area contributed by atoms with Gasteiger partial charge in [0.25, 0.3) is 0 Å². The predicted molar refractivity (Wildman–Crippen MR) is 99.9 cm³/mol. The summed E-state index contributed by atoms with van der Waals surface area (Å²) in [6.07, 6.45) is 0.667. The predicted octanol–water partition coefficient (Wildman–Crippen LogP) is 3.66. The Hall–Kier alpha value is -3.21. The molecule has 0 saturated carbocycles. The lowest BCUT2D eigenvalue weighted by atomic mass is 10.0. The van der Waals surface area contributed by atoms with Crippen molar-refractivity contribution in [2.24, 2.45) is 0 Å². The SMILES string of the molecule is O=C(c1ccccc1)c1ccc2n1CC[C@H]2C(=O)NCc1ccc(F)cc1. The number of hydrogen-bond donors (Lipinski definition) is 1. The lowest BCUT2D eigenvalue weighted by Gasteiger charge is -2.11. The largest absolute Gasteiger partial charge is 0.351 e. The molecule has 27 heavy (non-hydrogen) atoms. The number of hydrogen-bond acceptors (Lipinski definition) is 2. The number of amides is 1. The van der Waals surface area contributed by atoms with Gasteiger partial charge >= 0.3 is 0 Å². The van der Waals surface area contributed by atoms with Crippen LogP contribution in [0.4, 0.5) is 4.39 Å². The van der Waals surface area contributed by atoms with Crippen LogP contribution in [-0.4, -0.2) is 16.3 Å². The molecule has 0 unspecified atom stereocenters. The maximum absolute atomic E-state index is 13.0. The van der Waals surface area contributed by atoms with Crippen molar-refractivity contribution in [2.45, 2.75) is 25.4 Å². The van der Waals surface area contributed by atoms with E-state index in [9.17, 15) is 14.0 Å². The Morgan fingerprint density at radius 1 is 1.00 bits per heavy atom. The van der Waals surface area contributed by atoms with E-state index in [4.69, 9.17) is 0 Å². The van der Waals surface area contributed by atoms with Crippen molar-refractivity contribution < 1.29 is 14.0 Å². The maximum Gasteiger partial charge on any atom is 0.229 e. The van der Waals surface area contributed by atoms with Crippen LogP contribution in [0.15, 0.2) is 66.7 Å². The zero-order chi connectivity index (χ0) is 18.8. The number of rotatable bonds is 5. The molecule has 5 heteroatoms. The van der Waals surface area contributed by atoms with E-state index in [2.05, 4.69) is 5.32 Å². The van der Waals surface area contributed by atoms with E-state index in [1.165, 1.54) is 12.1 Å². The molecule has 1 aliphatic rings. The second-order valence-corrected chi connectivity index (χ2v) is 6.68. The molecule has 4 nitrogen and oxygen atoms in total. The highest BCUT2D eigenvalue weighted by Gasteiger charge is 2.31. The van der Waals surface area contributed by atoms with E-state index in [1.807, 2.05) is 28.8 Å². The fraction of sp³-hybridized carbons (Fsp3) is 0.182. The number of benzene rings is 2. The molecule has 2 aromatic carbocycles. The smallest absolute Gasteiger partial charge is 0.229 e. The summed E-state index contributed by atoms with van der Waals surface area (Å²) in [4.78, 5) is 25.3. The van der Waals surface area contributed by atoms with Crippen LogP contribution in [0.3, 0.4) is 0 Å². The minimum Gasteiger partial charge on any atom is -0.351 e. The Morgan fingerprint density at radius 3 is 2.48 bits per heavy atom. The minimum absolute atomic E-state index is 0.0331. The van der Waals surface area contributed by atoms with Gasteiger partial charge in [0, 0.05) is 24.3 Å². The third kappa shape index (κ3) is 3.40. The third-order valence-corrected chi connectivity index (χ3v) is 4.98. The van der Waals surface area contributed by atoms with Crippen LogP contribution >= 0.6 is 0 Å². The minimum atomic E-state index is -0.297. The van der Waals surface area contributed by atoms with Crippen molar-refractivity contribution in [3.8, 4) is 0 Å². The summed E-state index contributed by atoms with van der Waals surface area (Å²) in [6, 6.07) is 18.9. The Labute approximate surface area is 156 Å². The summed E-state index contributed by atoms with van der Waals surface area (Å²) in [5, 5.41) is 2.91. The van der Waals surface area contributed by atoms with Gasteiger partial charge in [0.1, 0.15) is 5.82 Å². The molecule has 0 fully saturated rings. The zero-order valence-electron chi connectivity index (χ0n) is 14.7. The van der Waals surface area contributed by atoms with Gasteiger partial charge in [0.15, 0.2) is 0 Å². The number of fused-ring (bicyclic) bond motifs is 1. The summed E-state index contributed by atoms with van der Waals surface area (Å²) < 4.78 is 14.9. The molecule has 0 aliphatic carbocycles. The summed E-state index contributed by atoms with van der Waals surface area (Å²) in [5.41, 5.74) is 2.97. The van der Waals surface area contributed by atoms with Crippen LogP contribution < -0.4 is 5.32 Å². The van der Waals surface area contributed by atoms with Crippen LogP contribution in [0.25, 0.3) is 0 Å². The lowest BCUT2D eigenvalue weighted by molar-refractivity contribution is -0.122. The van der Waals surface area contributed by atoms with E-state index in [0.29, 0.717) is 30.8 Å². The second kappa shape index (κ2) is 7.19. The van der Waals surface area contributed by atoms with E-state index in [1.54, 1.807) is 30.3 Å². The Balaban J connectivity index is 1.47. The molecular formula is C22H19FN2O2. The van der Waals surface area contributed by atoms with Gasteiger partial charge in [-0.2, -0.15) is 0 Å². The van der Waals surface area contributed by atoms with Gasteiger partial charge in [0.05, 0.1) is 11.6 Å².